The molecule has 0 radical (unpaired) electrons. The summed E-state index contributed by atoms with van der Waals surface area (Å²) in [6.45, 7) is 0. The van der Waals surface area contributed by atoms with Gasteiger partial charge in [-0.3, -0.25) is 15.1 Å². The Bertz CT molecular complexity index is 590. The van der Waals surface area contributed by atoms with Gasteiger partial charge in [0.2, 0.25) is 0 Å². The quantitative estimate of drug-likeness (QED) is 0.693. The summed E-state index contributed by atoms with van der Waals surface area (Å²) in [5.74, 6) is 0. The number of hydrogen-bond acceptors (Lipinski definition) is 4. The number of halogens is 1. The largest absolute Gasteiger partial charge is 0.324 e. The lowest BCUT2D eigenvalue weighted by atomic mass is 10.0. The summed E-state index contributed by atoms with van der Waals surface area (Å²) in [6.07, 6.45) is 1.87. The molecule has 0 aliphatic carbocycles. The monoisotopic (exact) mass is 321 g/mol. The molecule has 0 aliphatic rings. The van der Waals surface area contributed by atoms with Gasteiger partial charge >= 0.3 is 0 Å². The summed E-state index contributed by atoms with van der Waals surface area (Å²) in [6, 6.07) is 10.6. The second-order valence-electron chi connectivity index (χ2n) is 4.10. The first-order valence-electron chi connectivity index (χ1n) is 5.67. The fourth-order valence-corrected chi connectivity index (χ4v) is 2.12. The molecule has 1 heterocycles. The molecular weight excluding hydrogens is 310 g/mol. The first-order chi connectivity index (χ1) is 9.08. The maximum atomic E-state index is 11.0. The summed E-state index contributed by atoms with van der Waals surface area (Å²) < 4.78 is 0.580. The fourth-order valence-electron chi connectivity index (χ4n) is 1.80. The van der Waals surface area contributed by atoms with Gasteiger partial charge < -0.3 is 5.73 Å². The molecule has 0 saturated carbocycles. The van der Waals surface area contributed by atoms with Gasteiger partial charge in [0.15, 0.2) is 0 Å². The van der Waals surface area contributed by atoms with Crippen molar-refractivity contribution < 1.29 is 4.92 Å². The van der Waals surface area contributed by atoms with Crippen molar-refractivity contribution in [1.82, 2.24) is 4.98 Å². The lowest BCUT2D eigenvalue weighted by Crippen LogP contribution is -2.15. The lowest BCUT2D eigenvalue weighted by Gasteiger charge is -2.11. The molecule has 5 nitrogen and oxygen atoms in total. The molecule has 0 saturated heterocycles. The van der Waals surface area contributed by atoms with Crippen LogP contribution < -0.4 is 5.73 Å². The molecular formula is C13H12BrN3O2. The molecule has 19 heavy (non-hydrogen) atoms. The Hall–Kier alpha value is -1.79. The molecule has 1 aromatic carbocycles. The highest BCUT2D eigenvalue weighted by atomic mass is 79.9. The molecule has 0 spiro atoms. The van der Waals surface area contributed by atoms with Gasteiger partial charge in [0.25, 0.3) is 5.69 Å². The normalized spacial score (nSPS) is 12.1. The molecule has 1 aromatic heterocycles. The van der Waals surface area contributed by atoms with Crippen molar-refractivity contribution in [3.05, 3.63) is 68.4 Å². The van der Waals surface area contributed by atoms with Crippen LogP contribution in [0, 0.1) is 10.1 Å². The first-order valence-corrected chi connectivity index (χ1v) is 6.46. The molecule has 6 heteroatoms. The number of nitrogens with zero attached hydrogens (tertiary/aromatic N) is 2. The molecule has 2 N–H and O–H groups in total. The number of rotatable bonds is 4. The number of pyridine rings is 1. The van der Waals surface area contributed by atoms with Crippen LogP contribution in [0.15, 0.2) is 47.1 Å². The van der Waals surface area contributed by atoms with Crippen LogP contribution in [-0.4, -0.2) is 9.91 Å². The summed E-state index contributed by atoms with van der Waals surface area (Å²) in [7, 11) is 0. The van der Waals surface area contributed by atoms with Gasteiger partial charge in [-0.05, 0) is 21.5 Å². The van der Waals surface area contributed by atoms with Gasteiger partial charge in [-0.2, -0.15) is 0 Å². The molecule has 1 atom stereocenters. The van der Waals surface area contributed by atoms with Gasteiger partial charge in [-0.25, -0.2) is 0 Å². The number of nitrogens with two attached hydrogens (primary N) is 1. The van der Waals surface area contributed by atoms with Crippen LogP contribution in [-0.2, 0) is 6.42 Å². The molecule has 2 rings (SSSR count). The van der Waals surface area contributed by atoms with E-state index in [4.69, 9.17) is 5.73 Å². The zero-order chi connectivity index (χ0) is 13.8. The third-order valence-corrected chi connectivity index (χ3v) is 3.19. The van der Waals surface area contributed by atoms with E-state index in [1.54, 1.807) is 6.20 Å². The molecule has 0 bridgehead atoms. The minimum Gasteiger partial charge on any atom is -0.324 e. The number of hydrogen-bond donors (Lipinski definition) is 1. The van der Waals surface area contributed by atoms with E-state index in [9.17, 15) is 10.1 Å². The fraction of sp³-hybridized carbons (Fsp3) is 0.154. The Morgan fingerprint density at radius 1 is 1.37 bits per heavy atom. The highest BCUT2D eigenvalue weighted by Crippen LogP contribution is 2.25. The number of aromatic nitrogens is 1. The van der Waals surface area contributed by atoms with Crippen LogP contribution in [0.25, 0.3) is 0 Å². The van der Waals surface area contributed by atoms with Crippen molar-refractivity contribution in [2.75, 3.05) is 0 Å². The third-order valence-electron chi connectivity index (χ3n) is 2.75. The molecule has 98 valence electrons. The van der Waals surface area contributed by atoms with Crippen molar-refractivity contribution in [3.63, 3.8) is 0 Å². The van der Waals surface area contributed by atoms with Crippen molar-refractivity contribution in [2.24, 2.45) is 5.73 Å². The predicted octanol–water partition coefficient (Wildman–Crippen LogP) is 2.99. The van der Waals surface area contributed by atoms with Gasteiger partial charge in [-0.15, -0.1) is 0 Å². The maximum absolute atomic E-state index is 11.0. The van der Waals surface area contributed by atoms with E-state index in [0.29, 0.717) is 16.6 Å². The summed E-state index contributed by atoms with van der Waals surface area (Å²) in [5.41, 5.74) is 7.37. The van der Waals surface area contributed by atoms with Gasteiger partial charge in [0.1, 0.15) is 5.69 Å². The van der Waals surface area contributed by atoms with E-state index in [-0.39, 0.29) is 11.7 Å². The highest BCUT2D eigenvalue weighted by Gasteiger charge is 2.18. The van der Waals surface area contributed by atoms with E-state index in [1.165, 1.54) is 6.07 Å². The highest BCUT2D eigenvalue weighted by molar-refractivity contribution is 9.10. The Morgan fingerprint density at radius 2 is 2.05 bits per heavy atom. The van der Waals surface area contributed by atoms with Gasteiger partial charge in [0, 0.05) is 29.2 Å². The molecule has 1 unspecified atom stereocenters. The average Bonchev–Trinajstić information content (AvgIpc) is 2.41. The van der Waals surface area contributed by atoms with Crippen molar-refractivity contribution >= 4 is 21.6 Å². The zero-order valence-electron chi connectivity index (χ0n) is 9.99. The summed E-state index contributed by atoms with van der Waals surface area (Å²) in [5, 5.41) is 11.0. The molecule has 0 amide bonds. The van der Waals surface area contributed by atoms with Crippen LogP contribution >= 0.6 is 15.9 Å². The molecule has 2 aromatic rings. The Labute approximate surface area is 118 Å². The average molecular weight is 322 g/mol. The third kappa shape index (κ3) is 3.36. The van der Waals surface area contributed by atoms with Crippen molar-refractivity contribution in [3.8, 4) is 0 Å². The topological polar surface area (TPSA) is 82.0 Å². The second-order valence-corrected chi connectivity index (χ2v) is 5.01. The Balaban J connectivity index is 2.26. The SMILES string of the molecule is NC(Cc1ncc(Br)cc1[N+](=O)[O-])c1ccccc1. The van der Waals surface area contributed by atoms with Crippen molar-refractivity contribution in [2.45, 2.75) is 12.5 Å². The number of nitro groups is 1. The second kappa shape index (κ2) is 5.90. The van der Waals surface area contributed by atoms with Gasteiger partial charge in [-0.1, -0.05) is 30.3 Å². The molecule has 0 fully saturated rings. The van der Waals surface area contributed by atoms with Crippen LogP contribution in [0.1, 0.15) is 17.3 Å². The lowest BCUT2D eigenvalue weighted by molar-refractivity contribution is -0.386. The van der Waals surface area contributed by atoms with E-state index < -0.39 is 4.92 Å². The van der Waals surface area contributed by atoms with E-state index >= 15 is 0 Å². The molecule has 0 aliphatic heterocycles. The van der Waals surface area contributed by atoms with E-state index in [1.807, 2.05) is 30.3 Å². The smallest absolute Gasteiger partial charge is 0.291 e. The van der Waals surface area contributed by atoms with Crippen LogP contribution in [0.5, 0.6) is 0 Å². The van der Waals surface area contributed by atoms with Crippen LogP contribution in [0.3, 0.4) is 0 Å². The standard InChI is InChI=1S/C13H12BrN3O2/c14-10-6-13(17(18)19)12(16-8-10)7-11(15)9-4-2-1-3-5-9/h1-6,8,11H,7,15H2. The van der Waals surface area contributed by atoms with E-state index in [0.717, 1.165) is 5.56 Å². The van der Waals surface area contributed by atoms with E-state index in [2.05, 4.69) is 20.9 Å². The minimum absolute atomic E-state index is 0.0132. The van der Waals surface area contributed by atoms with Gasteiger partial charge in [0.05, 0.1) is 4.92 Å². The maximum Gasteiger partial charge on any atom is 0.291 e. The zero-order valence-corrected chi connectivity index (χ0v) is 11.6. The van der Waals surface area contributed by atoms with Crippen molar-refractivity contribution in [1.29, 1.82) is 0 Å². The minimum atomic E-state index is -0.440. The van der Waals surface area contributed by atoms with Crippen LogP contribution in [0.2, 0.25) is 0 Å². The Morgan fingerprint density at radius 3 is 2.68 bits per heavy atom. The summed E-state index contributed by atoms with van der Waals surface area (Å²) >= 11 is 3.18. The first kappa shape index (κ1) is 13.6. The number of benzene rings is 1. The summed E-state index contributed by atoms with van der Waals surface area (Å²) in [4.78, 5) is 14.7. The predicted molar refractivity (Wildman–Crippen MR) is 75.7 cm³/mol. The van der Waals surface area contributed by atoms with Crippen LogP contribution in [0.4, 0.5) is 5.69 Å². The Kier molecular flexibility index (Phi) is 4.24.